The van der Waals surface area contributed by atoms with E-state index in [1.165, 1.54) is 0 Å². The van der Waals surface area contributed by atoms with Crippen LogP contribution in [0.5, 0.6) is 0 Å². The molecular weight excluding hydrogens is 336 g/mol. The first-order chi connectivity index (χ1) is 6.15. The lowest BCUT2D eigenvalue weighted by Gasteiger charge is -2.10. The molecule has 0 heterocycles. The predicted molar refractivity (Wildman–Crippen MR) is 66.6 cm³/mol. The van der Waals surface area contributed by atoms with Crippen LogP contribution in [-0.4, -0.2) is 6.67 Å². The third kappa shape index (κ3) is 3.85. The van der Waals surface area contributed by atoms with E-state index in [9.17, 15) is 4.39 Å². The van der Waals surface area contributed by atoms with Crippen molar-refractivity contribution in [1.82, 2.24) is 0 Å². The highest BCUT2D eigenvalue weighted by molar-refractivity contribution is 9.13. The second kappa shape index (κ2) is 6.77. The van der Waals surface area contributed by atoms with Gasteiger partial charge in [0.1, 0.15) is 0 Å². The molecule has 0 saturated carbocycles. The Hall–Kier alpha value is 0.360. The van der Waals surface area contributed by atoms with E-state index in [1.54, 1.807) is 0 Å². The molecule has 14 heavy (non-hydrogen) atoms. The minimum absolute atomic E-state index is 0. The zero-order valence-electron chi connectivity index (χ0n) is 7.34. The molecule has 0 aromatic heterocycles. The van der Waals surface area contributed by atoms with Gasteiger partial charge in [0.2, 0.25) is 0 Å². The van der Waals surface area contributed by atoms with Crippen LogP contribution in [0.1, 0.15) is 18.0 Å². The summed E-state index contributed by atoms with van der Waals surface area (Å²) >= 11 is 6.72. The standard InChI is InChI=1S/C9H10Br2FN.ClH/c10-7-2-1-6(5-8(7)11)9(13)3-4-12;/h1-2,5,9H,3-4,13H2;1H/t9-;/m0./s1. The van der Waals surface area contributed by atoms with Crippen molar-refractivity contribution >= 4 is 44.3 Å². The van der Waals surface area contributed by atoms with E-state index < -0.39 is 0 Å². The average molecular weight is 347 g/mol. The minimum Gasteiger partial charge on any atom is -0.324 e. The lowest BCUT2D eigenvalue weighted by atomic mass is 10.1. The van der Waals surface area contributed by atoms with E-state index in [1.807, 2.05) is 18.2 Å². The normalized spacial score (nSPS) is 12.0. The zero-order chi connectivity index (χ0) is 9.84. The summed E-state index contributed by atoms with van der Waals surface area (Å²) in [5.41, 5.74) is 6.70. The number of rotatable bonds is 3. The molecule has 80 valence electrons. The van der Waals surface area contributed by atoms with Crippen molar-refractivity contribution < 1.29 is 4.39 Å². The molecule has 0 radical (unpaired) electrons. The van der Waals surface area contributed by atoms with Crippen molar-refractivity contribution in [3.63, 3.8) is 0 Å². The van der Waals surface area contributed by atoms with Crippen molar-refractivity contribution in [1.29, 1.82) is 0 Å². The molecule has 1 rings (SSSR count). The summed E-state index contributed by atoms with van der Waals surface area (Å²) in [6, 6.07) is 5.49. The Morgan fingerprint density at radius 3 is 2.43 bits per heavy atom. The van der Waals surface area contributed by atoms with Crippen molar-refractivity contribution in [2.24, 2.45) is 5.73 Å². The van der Waals surface area contributed by atoms with Crippen LogP contribution in [-0.2, 0) is 0 Å². The Balaban J connectivity index is 0.00000169. The van der Waals surface area contributed by atoms with Crippen LogP contribution in [0.3, 0.4) is 0 Å². The SMILES string of the molecule is Cl.N[C@@H](CCF)c1ccc(Br)c(Br)c1. The van der Waals surface area contributed by atoms with Gasteiger partial charge in [-0.1, -0.05) is 6.07 Å². The summed E-state index contributed by atoms with van der Waals surface area (Å²) in [4.78, 5) is 0. The highest BCUT2D eigenvalue weighted by Crippen LogP contribution is 2.26. The van der Waals surface area contributed by atoms with E-state index in [2.05, 4.69) is 31.9 Å². The third-order valence-electron chi connectivity index (χ3n) is 1.79. The summed E-state index contributed by atoms with van der Waals surface area (Å²) in [5, 5.41) is 0. The number of benzene rings is 1. The first kappa shape index (κ1) is 14.4. The molecule has 5 heteroatoms. The Morgan fingerprint density at radius 2 is 1.93 bits per heavy atom. The zero-order valence-corrected chi connectivity index (χ0v) is 11.3. The molecular formula is C9H11Br2ClFN. The largest absolute Gasteiger partial charge is 0.324 e. The fourth-order valence-electron chi connectivity index (χ4n) is 1.03. The maximum Gasteiger partial charge on any atom is 0.0912 e. The molecule has 1 nitrogen and oxygen atoms in total. The van der Waals surface area contributed by atoms with E-state index >= 15 is 0 Å². The molecule has 0 aliphatic carbocycles. The van der Waals surface area contributed by atoms with E-state index in [4.69, 9.17) is 5.73 Å². The lowest BCUT2D eigenvalue weighted by Crippen LogP contribution is -2.10. The Kier molecular flexibility index (Phi) is 6.95. The molecule has 0 amide bonds. The van der Waals surface area contributed by atoms with Gasteiger partial charge in [-0.05, 0) is 56.0 Å². The summed E-state index contributed by atoms with van der Waals surface area (Å²) in [6.07, 6.45) is 0.369. The second-order valence-electron chi connectivity index (χ2n) is 2.76. The van der Waals surface area contributed by atoms with Gasteiger partial charge in [-0.25, -0.2) is 0 Å². The fraction of sp³-hybridized carbons (Fsp3) is 0.333. The van der Waals surface area contributed by atoms with Gasteiger partial charge in [-0.3, -0.25) is 4.39 Å². The van der Waals surface area contributed by atoms with Crippen molar-refractivity contribution in [2.45, 2.75) is 12.5 Å². The highest BCUT2D eigenvalue weighted by Gasteiger charge is 2.06. The summed E-state index contributed by atoms with van der Waals surface area (Å²) < 4.78 is 13.9. The molecule has 0 fully saturated rings. The molecule has 0 aliphatic heterocycles. The van der Waals surface area contributed by atoms with Gasteiger partial charge in [-0.15, -0.1) is 12.4 Å². The van der Waals surface area contributed by atoms with Crippen LogP contribution in [0.25, 0.3) is 0 Å². The molecule has 1 aromatic carbocycles. The fourth-order valence-corrected chi connectivity index (χ4v) is 1.67. The number of hydrogen-bond acceptors (Lipinski definition) is 1. The molecule has 0 aliphatic rings. The Labute approximate surface area is 106 Å². The molecule has 1 aromatic rings. The average Bonchev–Trinajstić information content (AvgIpc) is 2.10. The van der Waals surface area contributed by atoms with Gasteiger partial charge >= 0.3 is 0 Å². The first-order valence-corrected chi connectivity index (χ1v) is 5.50. The molecule has 1 atom stereocenters. The van der Waals surface area contributed by atoms with Gasteiger partial charge in [-0.2, -0.15) is 0 Å². The Bertz CT molecular complexity index is 296. The van der Waals surface area contributed by atoms with Gasteiger partial charge in [0, 0.05) is 15.0 Å². The summed E-state index contributed by atoms with van der Waals surface area (Å²) in [7, 11) is 0. The molecule has 0 unspecified atom stereocenters. The van der Waals surface area contributed by atoms with Gasteiger partial charge in [0.15, 0.2) is 0 Å². The number of halogens is 4. The number of alkyl halides is 1. The molecule has 0 spiro atoms. The van der Waals surface area contributed by atoms with Crippen LogP contribution in [0.2, 0.25) is 0 Å². The van der Waals surface area contributed by atoms with Crippen LogP contribution in [0.4, 0.5) is 4.39 Å². The smallest absolute Gasteiger partial charge is 0.0912 e. The van der Waals surface area contributed by atoms with Crippen molar-refractivity contribution in [2.75, 3.05) is 6.67 Å². The van der Waals surface area contributed by atoms with Crippen LogP contribution < -0.4 is 5.73 Å². The monoisotopic (exact) mass is 345 g/mol. The van der Waals surface area contributed by atoms with Crippen LogP contribution >= 0.6 is 44.3 Å². The van der Waals surface area contributed by atoms with Crippen molar-refractivity contribution in [3.05, 3.63) is 32.7 Å². The maximum atomic E-state index is 12.0. The lowest BCUT2D eigenvalue weighted by molar-refractivity contribution is 0.442. The topological polar surface area (TPSA) is 26.0 Å². The van der Waals surface area contributed by atoms with E-state index in [0.29, 0.717) is 6.42 Å². The van der Waals surface area contributed by atoms with Gasteiger partial charge in [0.25, 0.3) is 0 Å². The first-order valence-electron chi connectivity index (χ1n) is 3.91. The molecule has 2 N–H and O–H groups in total. The summed E-state index contributed by atoms with van der Waals surface area (Å²) in [5.74, 6) is 0. The predicted octanol–water partition coefficient (Wildman–Crippen LogP) is 3.99. The number of nitrogens with two attached hydrogens (primary N) is 1. The third-order valence-corrected chi connectivity index (χ3v) is 3.67. The quantitative estimate of drug-likeness (QED) is 0.879. The van der Waals surface area contributed by atoms with Crippen LogP contribution in [0, 0.1) is 0 Å². The van der Waals surface area contributed by atoms with Crippen molar-refractivity contribution in [3.8, 4) is 0 Å². The Morgan fingerprint density at radius 1 is 1.29 bits per heavy atom. The van der Waals surface area contributed by atoms with Gasteiger partial charge < -0.3 is 5.73 Å². The highest BCUT2D eigenvalue weighted by atomic mass is 79.9. The van der Waals surface area contributed by atoms with Crippen LogP contribution in [0.15, 0.2) is 27.1 Å². The van der Waals surface area contributed by atoms with E-state index in [0.717, 1.165) is 14.5 Å². The van der Waals surface area contributed by atoms with E-state index in [-0.39, 0.29) is 25.1 Å². The number of hydrogen-bond donors (Lipinski definition) is 1. The summed E-state index contributed by atoms with van der Waals surface area (Å²) in [6.45, 7) is -0.380. The maximum absolute atomic E-state index is 12.0. The molecule has 0 bridgehead atoms. The second-order valence-corrected chi connectivity index (χ2v) is 4.47. The molecule has 0 saturated heterocycles. The van der Waals surface area contributed by atoms with Gasteiger partial charge in [0.05, 0.1) is 6.67 Å². The minimum atomic E-state index is -0.380.